The Balaban J connectivity index is 1.50. The summed E-state index contributed by atoms with van der Waals surface area (Å²) in [5.41, 5.74) is 2.81. The van der Waals surface area contributed by atoms with Crippen molar-refractivity contribution in [3.05, 3.63) is 84.1 Å². The standard InChI is InChI=1S/C26H24N4O2/c27-12-5-13-28-26(32)24(15-18-10-11-19-6-1-2-7-20(19)14-18)30-25(31)16-21-17-29-23-9-4-3-8-22(21)23/h1-4,6-11,14,17,24,29H,5,13,15-16H2,(H,28,32)(H,30,31). The average Bonchev–Trinajstić information content (AvgIpc) is 3.21. The normalized spacial score (nSPS) is 11.7. The summed E-state index contributed by atoms with van der Waals surface area (Å²) in [5.74, 6) is -0.517. The number of amides is 2. The van der Waals surface area contributed by atoms with E-state index in [0.717, 1.165) is 32.8 Å². The van der Waals surface area contributed by atoms with Gasteiger partial charge in [-0.3, -0.25) is 9.59 Å². The highest BCUT2D eigenvalue weighted by atomic mass is 16.2. The van der Waals surface area contributed by atoms with Crippen molar-refractivity contribution in [1.82, 2.24) is 15.6 Å². The summed E-state index contributed by atoms with van der Waals surface area (Å²) in [6, 6.07) is 23.1. The van der Waals surface area contributed by atoms with Crippen molar-refractivity contribution in [1.29, 1.82) is 5.26 Å². The van der Waals surface area contributed by atoms with Gasteiger partial charge in [-0.2, -0.15) is 5.26 Å². The fraction of sp³-hybridized carbons (Fsp3) is 0.192. The third-order valence-corrected chi connectivity index (χ3v) is 5.47. The maximum atomic E-state index is 12.8. The maximum Gasteiger partial charge on any atom is 0.242 e. The molecule has 1 atom stereocenters. The molecular formula is C26H24N4O2. The van der Waals surface area contributed by atoms with E-state index < -0.39 is 6.04 Å². The lowest BCUT2D eigenvalue weighted by Gasteiger charge is -2.19. The van der Waals surface area contributed by atoms with Crippen molar-refractivity contribution in [2.75, 3.05) is 6.54 Å². The molecule has 32 heavy (non-hydrogen) atoms. The molecule has 0 aliphatic heterocycles. The van der Waals surface area contributed by atoms with E-state index >= 15 is 0 Å². The van der Waals surface area contributed by atoms with Crippen LogP contribution in [0.2, 0.25) is 0 Å². The van der Waals surface area contributed by atoms with E-state index in [4.69, 9.17) is 5.26 Å². The number of fused-ring (bicyclic) bond motifs is 2. The van der Waals surface area contributed by atoms with Gasteiger partial charge in [0, 0.05) is 30.1 Å². The molecule has 2 amide bonds. The van der Waals surface area contributed by atoms with Crippen molar-refractivity contribution < 1.29 is 9.59 Å². The van der Waals surface area contributed by atoms with Gasteiger partial charge in [0.05, 0.1) is 18.9 Å². The Morgan fingerprint density at radius 2 is 1.78 bits per heavy atom. The minimum atomic E-state index is -0.729. The number of hydrogen-bond acceptors (Lipinski definition) is 3. The van der Waals surface area contributed by atoms with E-state index in [0.29, 0.717) is 6.42 Å². The number of hydrogen-bond donors (Lipinski definition) is 3. The molecule has 4 aromatic rings. The van der Waals surface area contributed by atoms with Crippen LogP contribution in [0.4, 0.5) is 0 Å². The highest BCUT2D eigenvalue weighted by molar-refractivity contribution is 5.92. The lowest BCUT2D eigenvalue weighted by molar-refractivity contribution is -0.128. The number of nitrogens with zero attached hydrogens (tertiary/aromatic N) is 1. The van der Waals surface area contributed by atoms with Crippen LogP contribution < -0.4 is 10.6 Å². The molecule has 0 aliphatic carbocycles. The molecule has 1 heterocycles. The molecule has 0 radical (unpaired) electrons. The smallest absolute Gasteiger partial charge is 0.242 e. The second-order valence-corrected chi connectivity index (χ2v) is 7.74. The third kappa shape index (κ3) is 4.96. The lowest BCUT2D eigenvalue weighted by Crippen LogP contribution is -2.48. The monoisotopic (exact) mass is 424 g/mol. The SMILES string of the molecule is N#CCCNC(=O)C(Cc1ccc2ccccc2c1)NC(=O)Cc1c[nH]c2ccccc12. The first-order chi connectivity index (χ1) is 15.6. The number of carbonyl (C=O) groups is 2. The fourth-order valence-corrected chi connectivity index (χ4v) is 3.87. The maximum absolute atomic E-state index is 12.8. The molecular weight excluding hydrogens is 400 g/mol. The molecule has 0 fully saturated rings. The van der Waals surface area contributed by atoms with Crippen LogP contribution in [0.5, 0.6) is 0 Å². The van der Waals surface area contributed by atoms with Crippen LogP contribution in [0, 0.1) is 11.3 Å². The molecule has 4 rings (SSSR count). The number of aromatic amines is 1. The number of H-pyrrole nitrogens is 1. The van der Waals surface area contributed by atoms with Gasteiger partial charge in [-0.05, 0) is 28.0 Å². The topological polar surface area (TPSA) is 97.8 Å². The molecule has 3 N–H and O–H groups in total. The Morgan fingerprint density at radius 1 is 1.00 bits per heavy atom. The number of nitriles is 1. The van der Waals surface area contributed by atoms with E-state index in [1.807, 2.05) is 79.0 Å². The van der Waals surface area contributed by atoms with Crippen LogP contribution in [-0.2, 0) is 22.4 Å². The molecule has 6 heteroatoms. The summed E-state index contributed by atoms with van der Waals surface area (Å²) in [6.45, 7) is 0.252. The predicted octanol–water partition coefficient (Wildman–Crippen LogP) is 3.62. The van der Waals surface area contributed by atoms with Gasteiger partial charge in [0.25, 0.3) is 0 Å². The lowest BCUT2D eigenvalue weighted by atomic mass is 10.0. The number of para-hydroxylation sites is 1. The zero-order chi connectivity index (χ0) is 22.3. The Bertz CT molecular complexity index is 1300. The summed E-state index contributed by atoms with van der Waals surface area (Å²) in [4.78, 5) is 28.8. The summed E-state index contributed by atoms with van der Waals surface area (Å²) >= 11 is 0. The van der Waals surface area contributed by atoms with Crippen LogP contribution in [0.3, 0.4) is 0 Å². The average molecular weight is 425 g/mol. The molecule has 3 aromatic carbocycles. The largest absolute Gasteiger partial charge is 0.361 e. The first-order valence-electron chi connectivity index (χ1n) is 10.6. The molecule has 0 saturated carbocycles. The van der Waals surface area contributed by atoms with Gasteiger partial charge in [0.2, 0.25) is 11.8 Å². The molecule has 0 saturated heterocycles. The Morgan fingerprint density at radius 3 is 2.62 bits per heavy atom. The van der Waals surface area contributed by atoms with Gasteiger partial charge >= 0.3 is 0 Å². The summed E-state index contributed by atoms with van der Waals surface area (Å²) in [7, 11) is 0. The van der Waals surface area contributed by atoms with Gasteiger partial charge in [-0.15, -0.1) is 0 Å². The molecule has 0 spiro atoms. The highest BCUT2D eigenvalue weighted by Gasteiger charge is 2.22. The molecule has 160 valence electrons. The highest BCUT2D eigenvalue weighted by Crippen LogP contribution is 2.19. The molecule has 6 nitrogen and oxygen atoms in total. The van der Waals surface area contributed by atoms with Gasteiger partial charge in [0.1, 0.15) is 6.04 Å². The Labute approximate surface area is 186 Å². The first kappa shape index (κ1) is 21.1. The fourth-order valence-electron chi connectivity index (χ4n) is 3.87. The van der Waals surface area contributed by atoms with Crippen LogP contribution in [0.25, 0.3) is 21.7 Å². The van der Waals surface area contributed by atoms with Gasteiger partial charge in [0.15, 0.2) is 0 Å². The third-order valence-electron chi connectivity index (χ3n) is 5.47. The minimum absolute atomic E-state index is 0.170. The van der Waals surface area contributed by atoms with E-state index in [9.17, 15) is 9.59 Å². The van der Waals surface area contributed by atoms with Crippen LogP contribution in [0.15, 0.2) is 72.9 Å². The van der Waals surface area contributed by atoms with E-state index in [-0.39, 0.29) is 31.2 Å². The second-order valence-electron chi connectivity index (χ2n) is 7.74. The van der Waals surface area contributed by atoms with Crippen molar-refractivity contribution in [3.63, 3.8) is 0 Å². The van der Waals surface area contributed by atoms with Crippen molar-refractivity contribution in [3.8, 4) is 6.07 Å². The van der Waals surface area contributed by atoms with Gasteiger partial charge < -0.3 is 15.6 Å². The zero-order valence-corrected chi connectivity index (χ0v) is 17.6. The molecule has 1 unspecified atom stereocenters. The molecule has 0 bridgehead atoms. The van der Waals surface area contributed by atoms with E-state index in [2.05, 4.69) is 15.6 Å². The number of benzene rings is 3. The number of aromatic nitrogens is 1. The minimum Gasteiger partial charge on any atom is -0.361 e. The van der Waals surface area contributed by atoms with E-state index in [1.165, 1.54) is 0 Å². The summed E-state index contributed by atoms with van der Waals surface area (Å²) < 4.78 is 0. The first-order valence-corrected chi connectivity index (χ1v) is 10.6. The quantitative estimate of drug-likeness (QED) is 0.377. The zero-order valence-electron chi connectivity index (χ0n) is 17.6. The Hall–Kier alpha value is -4.11. The second kappa shape index (κ2) is 9.80. The number of nitrogens with one attached hydrogen (secondary N) is 3. The molecule has 1 aromatic heterocycles. The molecule has 0 aliphatic rings. The number of rotatable bonds is 8. The van der Waals surface area contributed by atoms with Crippen molar-refractivity contribution in [2.24, 2.45) is 0 Å². The van der Waals surface area contributed by atoms with Crippen molar-refractivity contribution in [2.45, 2.75) is 25.3 Å². The van der Waals surface area contributed by atoms with E-state index in [1.54, 1.807) is 0 Å². The van der Waals surface area contributed by atoms with Crippen LogP contribution in [0.1, 0.15) is 17.5 Å². The number of carbonyl (C=O) groups excluding carboxylic acids is 2. The predicted molar refractivity (Wildman–Crippen MR) is 125 cm³/mol. The summed E-state index contributed by atoms with van der Waals surface area (Å²) in [5, 5.41) is 17.6. The summed E-state index contributed by atoms with van der Waals surface area (Å²) in [6.07, 6.45) is 2.58. The van der Waals surface area contributed by atoms with Gasteiger partial charge in [-0.25, -0.2) is 0 Å². The Kier molecular flexibility index (Phi) is 6.47. The van der Waals surface area contributed by atoms with Crippen molar-refractivity contribution >= 4 is 33.5 Å². The van der Waals surface area contributed by atoms with Gasteiger partial charge in [-0.1, -0.05) is 60.7 Å². The van der Waals surface area contributed by atoms with Crippen LogP contribution in [-0.4, -0.2) is 29.4 Å². The van der Waals surface area contributed by atoms with Crippen LogP contribution >= 0.6 is 0 Å².